The Labute approximate surface area is 497 Å². The van der Waals surface area contributed by atoms with Crippen LogP contribution in [0.3, 0.4) is 0 Å². The van der Waals surface area contributed by atoms with E-state index in [0.29, 0.717) is 19.3 Å². The van der Waals surface area contributed by atoms with Crippen molar-refractivity contribution in [2.45, 2.75) is 367 Å². The van der Waals surface area contributed by atoms with E-state index in [0.717, 1.165) is 89.9 Å². The maximum absolute atomic E-state index is 12.9. The van der Waals surface area contributed by atoms with Gasteiger partial charge in [0.2, 0.25) is 0 Å². The second-order valence-corrected chi connectivity index (χ2v) is 23.4. The fraction of sp³-hybridized carbons (Fsp3) is 0.797. The first-order valence-corrected chi connectivity index (χ1v) is 34.9. The van der Waals surface area contributed by atoms with E-state index in [1.807, 2.05) is 0 Å². The Morgan fingerprint density at radius 2 is 0.487 bits per heavy atom. The number of esters is 3. The molecule has 0 aromatic carbocycles. The molecule has 0 radical (unpaired) electrons. The van der Waals surface area contributed by atoms with Gasteiger partial charge >= 0.3 is 17.9 Å². The zero-order valence-corrected chi connectivity index (χ0v) is 53.3. The molecule has 0 bridgehead atoms. The van der Waals surface area contributed by atoms with Crippen molar-refractivity contribution in [1.82, 2.24) is 0 Å². The normalized spacial score (nSPS) is 12.5. The molecule has 0 spiro atoms. The number of hydrogen-bond acceptors (Lipinski definition) is 6. The zero-order valence-electron chi connectivity index (χ0n) is 53.3. The molecule has 0 saturated heterocycles. The average Bonchev–Trinajstić information content (AvgIpc) is 3.46. The van der Waals surface area contributed by atoms with Gasteiger partial charge in [-0.25, -0.2) is 0 Å². The summed E-state index contributed by atoms with van der Waals surface area (Å²) in [5, 5.41) is 0. The van der Waals surface area contributed by atoms with Crippen molar-refractivity contribution in [2.24, 2.45) is 0 Å². The molecular weight excluding hydrogens is 985 g/mol. The summed E-state index contributed by atoms with van der Waals surface area (Å²) in [6.07, 6.45) is 89.5. The Hall–Kier alpha value is -3.15. The highest BCUT2D eigenvalue weighted by Crippen LogP contribution is 2.18. The molecule has 1 unspecified atom stereocenters. The smallest absolute Gasteiger partial charge is 0.306 e. The third kappa shape index (κ3) is 65.7. The van der Waals surface area contributed by atoms with Crippen molar-refractivity contribution in [3.63, 3.8) is 0 Å². The molecule has 0 rings (SSSR count). The van der Waals surface area contributed by atoms with Gasteiger partial charge in [-0.3, -0.25) is 14.4 Å². The molecule has 80 heavy (non-hydrogen) atoms. The van der Waals surface area contributed by atoms with Crippen LogP contribution in [-0.4, -0.2) is 37.2 Å². The predicted molar refractivity (Wildman–Crippen MR) is 348 cm³/mol. The molecule has 6 nitrogen and oxygen atoms in total. The van der Waals surface area contributed by atoms with Crippen molar-refractivity contribution >= 4 is 17.9 Å². The van der Waals surface area contributed by atoms with Gasteiger partial charge in [-0.05, 0) is 89.9 Å². The molecule has 0 aromatic heterocycles. The van der Waals surface area contributed by atoms with Gasteiger partial charge in [0.1, 0.15) is 13.2 Å². The van der Waals surface area contributed by atoms with E-state index in [2.05, 4.69) is 93.7 Å². The Morgan fingerprint density at radius 1 is 0.263 bits per heavy atom. The van der Waals surface area contributed by atoms with Gasteiger partial charge < -0.3 is 14.2 Å². The van der Waals surface area contributed by atoms with Gasteiger partial charge in [-0.2, -0.15) is 0 Å². The largest absolute Gasteiger partial charge is 0.462 e. The molecule has 0 N–H and O–H groups in total. The predicted octanol–water partition coefficient (Wildman–Crippen LogP) is 24.1. The third-order valence-electron chi connectivity index (χ3n) is 15.4. The van der Waals surface area contributed by atoms with E-state index in [1.54, 1.807) is 0 Å². The van der Waals surface area contributed by atoms with Gasteiger partial charge in [0.05, 0.1) is 0 Å². The van der Waals surface area contributed by atoms with Crippen LogP contribution in [0.15, 0.2) is 72.9 Å². The van der Waals surface area contributed by atoms with Gasteiger partial charge in [0.25, 0.3) is 0 Å². The summed E-state index contributed by atoms with van der Waals surface area (Å²) in [5.74, 6) is -0.857. The van der Waals surface area contributed by atoms with Crippen LogP contribution in [0.5, 0.6) is 0 Å². The maximum atomic E-state index is 12.9. The monoisotopic (exact) mass is 1120 g/mol. The quantitative estimate of drug-likeness (QED) is 0.0261. The van der Waals surface area contributed by atoms with Crippen molar-refractivity contribution < 1.29 is 28.6 Å². The van der Waals surface area contributed by atoms with Crippen LogP contribution in [0.4, 0.5) is 0 Å². The molecule has 464 valence electrons. The van der Waals surface area contributed by atoms with E-state index in [4.69, 9.17) is 14.2 Å². The first-order valence-electron chi connectivity index (χ1n) is 34.9. The highest BCUT2D eigenvalue weighted by molar-refractivity contribution is 5.71. The molecule has 0 aliphatic heterocycles. The second-order valence-electron chi connectivity index (χ2n) is 23.4. The van der Waals surface area contributed by atoms with E-state index in [1.165, 1.54) is 231 Å². The van der Waals surface area contributed by atoms with Crippen LogP contribution in [0.25, 0.3) is 0 Å². The van der Waals surface area contributed by atoms with Gasteiger partial charge in [-0.1, -0.05) is 325 Å². The molecule has 0 saturated carbocycles. The lowest BCUT2D eigenvalue weighted by Gasteiger charge is -2.18. The molecule has 0 aliphatic rings. The Bertz CT molecular complexity index is 1470. The Kier molecular flexibility index (Phi) is 65.7. The number of hydrogen-bond donors (Lipinski definition) is 0. The summed E-state index contributed by atoms with van der Waals surface area (Å²) in [4.78, 5) is 38.2. The number of rotatable bonds is 64. The van der Waals surface area contributed by atoms with E-state index < -0.39 is 6.10 Å². The number of ether oxygens (including phenoxy) is 3. The first kappa shape index (κ1) is 76.9. The number of unbranched alkanes of at least 4 members (excludes halogenated alkanes) is 41. The van der Waals surface area contributed by atoms with Crippen LogP contribution in [0.1, 0.15) is 361 Å². The summed E-state index contributed by atoms with van der Waals surface area (Å²) in [6.45, 7) is 6.55. The minimum absolute atomic E-state index is 0.0711. The van der Waals surface area contributed by atoms with E-state index in [9.17, 15) is 14.4 Å². The average molecular weight is 1120 g/mol. The van der Waals surface area contributed by atoms with Crippen LogP contribution < -0.4 is 0 Å². The molecule has 0 heterocycles. The second kappa shape index (κ2) is 68.3. The molecule has 0 aromatic rings. The van der Waals surface area contributed by atoms with Crippen LogP contribution in [-0.2, 0) is 28.6 Å². The minimum Gasteiger partial charge on any atom is -0.462 e. The van der Waals surface area contributed by atoms with Crippen LogP contribution in [0.2, 0.25) is 0 Å². The van der Waals surface area contributed by atoms with Gasteiger partial charge in [0.15, 0.2) is 6.10 Å². The molecule has 0 fully saturated rings. The SMILES string of the molecule is CC/C=C\C/C=C\C/C=C\C/C=C\C/C=C\CCCCCCCCCCCCCCCC(=O)OCC(COC(=O)CCCCCCCCCC)OC(=O)CCCCCCCCCCCCCCC/C=C\CCCCCCCCCC. The standard InChI is InChI=1S/C74H132O6/c1-4-7-10-13-16-19-21-23-25-27-29-31-33-35-36-37-38-40-41-43-45-47-49-51-53-55-58-61-64-67-73(76)79-70-71(69-78-72(75)66-63-60-57-18-15-12-9-6-3)80-74(77)68-65-62-59-56-54-52-50-48-46-44-42-39-34-32-30-28-26-24-22-20-17-14-11-8-5-2/h7,10,16,19,23,25,28-31,35-36,71H,4-6,8-9,11-15,17-18,20-22,24,26-27,32-34,37-70H2,1-3H3/b10-7-,19-16-,25-23-,30-28-,31-29-,36-35-. The van der Waals surface area contributed by atoms with E-state index >= 15 is 0 Å². The van der Waals surface area contributed by atoms with Gasteiger partial charge in [0, 0.05) is 19.3 Å². The molecule has 0 aliphatic carbocycles. The Morgan fingerprint density at radius 3 is 0.775 bits per heavy atom. The molecular formula is C74H132O6. The number of carbonyl (C=O) groups excluding carboxylic acids is 3. The zero-order chi connectivity index (χ0) is 57.8. The molecule has 6 heteroatoms. The lowest BCUT2D eigenvalue weighted by Crippen LogP contribution is -2.30. The fourth-order valence-corrected chi connectivity index (χ4v) is 10.2. The molecule has 1 atom stereocenters. The minimum atomic E-state index is -0.773. The summed E-state index contributed by atoms with van der Waals surface area (Å²) in [6, 6.07) is 0. The van der Waals surface area contributed by atoms with Crippen molar-refractivity contribution in [3.8, 4) is 0 Å². The lowest BCUT2D eigenvalue weighted by atomic mass is 10.0. The highest BCUT2D eigenvalue weighted by Gasteiger charge is 2.19. The summed E-state index contributed by atoms with van der Waals surface area (Å²) in [7, 11) is 0. The highest BCUT2D eigenvalue weighted by atomic mass is 16.6. The number of allylic oxidation sites excluding steroid dienone is 12. The lowest BCUT2D eigenvalue weighted by molar-refractivity contribution is -0.167. The first-order chi connectivity index (χ1) is 39.5. The van der Waals surface area contributed by atoms with Crippen molar-refractivity contribution in [1.29, 1.82) is 0 Å². The summed E-state index contributed by atoms with van der Waals surface area (Å²) < 4.78 is 16.9. The maximum Gasteiger partial charge on any atom is 0.306 e. The topological polar surface area (TPSA) is 78.9 Å². The van der Waals surface area contributed by atoms with Crippen LogP contribution >= 0.6 is 0 Å². The van der Waals surface area contributed by atoms with E-state index in [-0.39, 0.29) is 31.1 Å². The Balaban J connectivity index is 4.10. The fourth-order valence-electron chi connectivity index (χ4n) is 10.2. The summed E-state index contributed by atoms with van der Waals surface area (Å²) in [5.41, 5.74) is 0. The van der Waals surface area contributed by atoms with Crippen molar-refractivity contribution in [2.75, 3.05) is 13.2 Å². The molecule has 0 amide bonds. The van der Waals surface area contributed by atoms with Gasteiger partial charge in [-0.15, -0.1) is 0 Å². The van der Waals surface area contributed by atoms with Crippen LogP contribution in [0, 0.1) is 0 Å². The van der Waals surface area contributed by atoms with Crippen molar-refractivity contribution in [3.05, 3.63) is 72.9 Å². The number of carbonyl (C=O) groups is 3. The third-order valence-corrected chi connectivity index (χ3v) is 15.4. The summed E-state index contributed by atoms with van der Waals surface area (Å²) >= 11 is 0.